The molecule has 0 saturated heterocycles. The maximum atomic E-state index is 11.4. The van der Waals surface area contributed by atoms with E-state index in [4.69, 9.17) is 0 Å². The van der Waals surface area contributed by atoms with E-state index in [9.17, 15) is 9.59 Å². The highest BCUT2D eigenvalue weighted by molar-refractivity contribution is 9.10. The first-order valence-corrected chi connectivity index (χ1v) is 5.02. The molecule has 16 heavy (non-hydrogen) atoms. The van der Waals surface area contributed by atoms with Crippen molar-refractivity contribution in [2.24, 2.45) is 0 Å². The highest BCUT2D eigenvalue weighted by atomic mass is 79.9. The van der Waals surface area contributed by atoms with Gasteiger partial charge in [-0.05, 0) is 15.9 Å². The number of esters is 2. The third-order valence-corrected chi connectivity index (χ3v) is 2.18. The minimum absolute atomic E-state index is 0.0434. The Labute approximate surface area is 100 Å². The summed E-state index contributed by atoms with van der Waals surface area (Å²) in [5.41, 5.74) is 0. The molecule has 0 fully saturated rings. The van der Waals surface area contributed by atoms with Crippen molar-refractivity contribution in [2.75, 3.05) is 14.2 Å². The summed E-state index contributed by atoms with van der Waals surface area (Å²) in [4.78, 5) is 30.5. The lowest BCUT2D eigenvalue weighted by molar-refractivity contribution is -0.154. The predicted molar refractivity (Wildman–Crippen MR) is 56.5 cm³/mol. The molecule has 6 nitrogen and oxygen atoms in total. The van der Waals surface area contributed by atoms with Gasteiger partial charge in [0.1, 0.15) is 0 Å². The normalized spacial score (nSPS) is 10.0. The molecule has 0 aliphatic heterocycles. The van der Waals surface area contributed by atoms with Crippen LogP contribution < -0.4 is 0 Å². The van der Waals surface area contributed by atoms with E-state index < -0.39 is 17.9 Å². The van der Waals surface area contributed by atoms with Crippen LogP contribution in [0.25, 0.3) is 0 Å². The summed E-state index contributed by atoms with van der Waals surface area (Å²) in [7, 11) is 2.36. The molecule has 86 valence electrons. The Morgan fingerprint density at radius 1 is 1.19 bits per heavy atom. The molecule has 0 N–H and O–H groups in total. The number of rotatable bonds is 3. The second-order valence-corrected chi connectivity index (χ2v) is 3.65. The zero-order valence-electron chi connectivity index (χ0n) is 8.64. The zero-order chi connectivity index (χ0) is 12.1. The van der Waals surface area contributed by atoms with Crippen LogP contribution in [0.2, 0.25) is 0 Å². The molecule has 0 aliphatic carbocycles. The summed E-state index contributed by atoms with van der Waals surface area (Å²) >= 11 is 3.15. The summed E-state index contributed by atoms with van der Waals surface area (Å²) in [6, 6.07) is 0. The molecule has 1 aromatic heterocycles. The van der Waals surface area contributed by atoms with Gasteiger partial charge in [0.15, 0.2) is 5.82 Å². The predicted octanol–water partition coefficient (Wildman–Crippen LogP) is 0.669. The Bertz CT molecular complexity index is 377. The fraction of sp³-hybridized carbons (Fsp3) is 0.333. The third kappa shape index (κ3) is 2.75. The summed E-state index contributed by atoms with van der Waals surface area (Å²) in [5, 5.41) is 0. The Balaban J connectivity index is 3.06. The summed E-state index contributed by atoms with van der Waals surface area (Å²) in [5.74, 6) is -2.71. The smallest absolute Gasteiger partial charge is 0.327 e. The first kappa shape index (κ1) is 12.6. The molecule has 1 aromatic rings. The Kier molecular flexibility index (Phi) is 4.36. The highest BCUT2D eigenvalue weighted by Gasteiger charge is 2.33. The molecule has 0 bridgehead atoms. The van der Waals surface area contributed by atoms with Crippen molar-refractivity contribution >= 4 is 27.9 Å². The third-order valence-electron chi connectivity index (χ3n) is 1.77. The van der Waals surface area contributed by atoms with Crippen LogP contribution in [0.3, 0.4) is 0 Å². The number of halogens is 1. The molecule has 0 aromatic carbocycles. The first-order valence-electron chi connectivity index (χ1n) is 4.23. The maximum absolute atomic E-state index is 11.4. The lowest BCUT2D eigenvalue weighted by Crippen LogP contribution is -2.26. The van der Waals surface area contributed by atoms with Gasteiger partial charge in [-0.3, -0.25) is 9.59 Å². The van der Waals surface area contributed by atoms with Crippen molar-refractivity contribution in [1.29, 1.82) is 0 Å². The van der Waals surface area contributed by atoms with Gasteiger partial charge in [0.25, 0.3) is 0 Å². The van der Waals surface area contributed by atoms with Gasteiger partial charge in [-0.25, -0.2) is 9.97 Å². The summed E-state index contributed by atoms with van der Waals surface area (Å²) in [6.07, 6.45) is 2.86. The SMILES string of the molecule is COC(=O)C(C(=O)OC)c1ncc(Br)cn1. The number of carbonyl (C=O) groups is 2. The van der Waals surface area contributed by atoms with E-state index in [0.29, 0.717) is 4.47 Å². The van der Waals surface area contributed by atoms with Crippen LogP contribution in [-0.2, 0) is 19.1 Å². The van der Waals surface area contributed by atoms with Gasteiger partial charge in [0.05, 0.1) is 18.7 Å². The number of aromatic nitrogens is 2. The summed E-state index contributed by atoms with van der Waals surface area (Å²) < 4.78 is 9.62. The van der Waals surface area contributed by atoms with Crippen LogP contribution in [0.5, 0.6) is 0 Å². The van der Waals surface area contributed by atoms with Crippen molar-refractivity contribution < 1.29 is 19.1 Å². The van der Waals surface area contributed by atoms with Crippen LogP contribution in [-0.4, -0.2) is 36.1 Å². The van der Waals surface area contributed by atoms with Gasteiger partial charge in [-0.1, -0.05) is 0 Å². The topological polar surface area (TPSA) is 78.4 Å². The Hall–Kier alpha value is -1.50. The maximum Gasteiger partial charge on any atom is 0.327 e. The fourth-order valence-electron chi connectivity index (χ4n) is 1.01. The molecule has 0 saturated carbocycles. The minimum Gasteiger partial charge on any atom is -0.468 e. The fourth-order valence-corrected chi connectivity index (χ4v) is 1.22. The van der Waals surface area contributed by atoms with Crippen LogP contribution in [0.4, 0.5) is 0 Å². The lowest BCUT2D eigenvalue weighted by Gasteiger charge is -2.10. The highest BCUT2D eigenvalue weighted by Crippen LogP contribution is 2.16. The molecular formula is C9H9BrN2O4. The monoisotopic (exact) mass is 288 g/mol. The second kappa shape index (κ2) is 5.55. The van der Waals surface area contributed by atoms with Crippen molar-refractivity contribution in [3.8, 4) is 0 Å². The van der Waals surface area contributed by atoms with Gasteiger partial charge in [0.2, 0.25) is 5.92 Å². The van der Waals surface area contributed by atoms with Crippen LogP contribution in [0, 0.1) is 0 Å². The van der Waals surface area contributed by atoms with E-state index in [2.05, 4.69) is 35.4 Å². The van der Waals surface area contributed by atoms with Crippen molar-refractivity contribution in [3.63, 3.8) is 0 Å². The van der Waals surface area contributed by atoms with Gasteiger partial charge >= 0.3 is 11.9 Å². The molecule has 0 atom stereocenters. The molecule has 0 unspecified atom stereocenters. The molecule has 1 heterocycles. The zero-order valence-corrected chi connectivity index (χ0v) is 10.2. The van der Waals surface area contributed by atoms with Crippen LogP contribution in [0.15, 0.2) is 16.9 Å². The van der Waals surface area contributed by atoms with Crippen molar-refractivity contribution in [1.82, 2.24) is 9.97 Å². The average molecular weight is 289 g/mol. The molecule has 7 heteroatoms. The Morgan fingerprint density at radius 2 is 1.62 bits per heavy atom. The summed E-state index contributed by atoms with van der Waals surface area (Å²) in [6.45, 7) is 0. The standard InChI is InChI=1S/C9H9BrN2O4/c1-15-8(13)6(9(14)16-2)7-11-3-5(10)4-12-7/h3-4,6H,1-2H3. The minimum atomic E-state index is -1.25. The van der Waals surface area contributed by atoms with Crippen LogP contribution >= 0.6 is 15.9 Å². The largest absolute Gasteiger partial charge is 0.468 e. The van der Waals surface area contributed by atoms with E-state index in [1.54, 1.807) is 0 Å². The van der Waals surface area contributed by atoms with Crippen molar-refractivity contribution in [2.45, 2.75) is 5.92 Å². The first-order chi connectivity index (χ1) is 7.60. The number of hydrogen-bond acceptors (Lipinski definition) is 6. The molecular weight excluding hydrogens is 280 g/mol. The van der Waals surface area contributed by atoms with E-state index in [1.807, 2.05) is 0 Å². The number of methoxy groups -OCH3 is 2. The number of ether oxygens (including phenoxy) is 2. The molecule has 1 rings (SSSR count). The molecule has 0 amide bonds. The lowest BCUT2D eigenvalue weighted by atomic mass is 10.1. The van der Waals surface area contributed by atoms with E-state index >= 15 is 0 Å². The van der Waals surface area contributed by atoms with Gasteiger partial charge in [0, 0.05) is 12.4 Å². The van der Waals surface area contributed by atoms with Gasteiger partial charge in [-0.15, -0.1) is 0 Å². The molecule has 0 spiro atoms. The number of carbonyl (C=O) groups excluding carboxylic acids is 2. The Morgan fingerprint density at radius 3 is 2.00 bits per heavy atom. The van der Waals surface area contributed by atoms with E-state index in [1.165, 1.54) is 26.6 Å². The van der Waals surface area contributed by atoms with Crippen LogP contribution in [0.1, 0.15) is 11.7 Å². The van der Waals surface area contributed by atoms with Gasteiger partial charge < -0.3 is 9.47 Å². The van der Waals surface area contributed by atoms with Gasteiger partial charge in [-0.2, -0.15) is 0 Å². The number of nitrogens with zero attached hydrogens (tertiary/aromatic N) is 2. The molecule has 0 aliphatic rings. The molecule has 0 radical (unpaired) electrons. The quantitative estimate of drug-likeness (QED) is 0.601. The van der Waals surface area contributed by atoms with Crippen molar-refractivity contribution in [3.05, 3.63) is 22.7 Å². The number of hydrogen-bond donors (Lipinski definition) is 0. The average Bonchev–Trinajstić information content (AvgIpc) is 2.31. The second-order valence-electron chi connectivity index (χ2n) is 2.74. The van der Waals surface area contributed by atoms with E-state index in [0.717, 1.165) is 0 Å². The van der Waals surface area contributed by atoms with E-state index in [-0.39, 0.29) is 5.82 Å².